The molecule has 2 aliphatic carbocycles. The lowest BCUT2D eigenvalue weighted by Gasteiger charge is -2.18. The Morgan fingerprint density at radius 2 is 1.02 bits per heavy atom. The number of aliphatic carboxylic acids is 2. The first-order valence-corrected chi connectivity index (χ1v) is 17.2. The van der Waals surface area contributed by atoms with Gasteiger partial charge in [-0.15, -0.1) is 0 Å². The molecular formula is C40H44N2O8. The average molecular weight is 681 g/mol. The summed E-state index contributed by atoms with van der Waals surface area (Å²) >= 11 is 0. The second-order valence-electron chi connectivity index (χ2n) is 13.1. The summed E-state index contributed by atoms with van der Waals surface area (Å²) in [6, 6.07) is 28.8. The molecule has 0 saturated carbocycles. The fourth-order valence-corrected chi connectivity index (χ4v) is 7.00. The van der Waals surface area contributed by atoms with E-state index in [1.54, 1.807) is 0 Å². The van der Waals surface area contributed by atoms with Crippen molar-refractivity contribution in [2.75, 3.05) is 13.1 Å². The predicted molar refractivity (Wildman–Crippen MR) is 188 cm³/mol. The van der Waals surface area contributed by atoms with Crippen LogP contribution in [0.3, 0.4) is 0 Å². The number of aliphatic hydroxyl groups excluding tert-OH is 2. The number of benzene rings is 4. The van der Waals surface area contributed by atoms with Gasteiger partial charge in [0.1, 0.15) is 23.7 Å². The number of carboxylic acid groups (broad SMARTS) is 2. The molecular weight excluding hydrogens is 636 g/mol. The second-order valence-corrected chi connectivity index (χ2v) is 13.1. The van der Waals surface area contributed by atoms with E-state index < -0.39 is 24.1 Å². The van der Waals surface area contributed by atoms with Gasteiger partial charge in [0.2, 0.25) is 0 Å². The Hall–Kier alpha value is -4.74. The highest BCUT2D eigenvalue weighted by atomic mass is 16.5. The molecule has 0 bridgehead atoms. The molecule has 10 heteroatoms. The van der Waals surface area contributed by atoms with Crippen LogP contribution in [0.5, 0.6) is 11.5 Å². The third kappa shape index (κ3) is 8.88. The summed E-state index contributed by atoms with van der Waals surface area (Å²) in [4.78, 5) is 21.5. The SMILES string of the molecule is O=C(O)CC(O)CNCc1ccc(OC2CCc3c(-c4cccc5c4CCC5Oc4ccc(CNCC(O)CC(=O)O)cc4)cccc32)cc1. The van der Waals surface area contributed by atoms with E-state index in [2.05, 4.69) is 47.0 Å². The second kappa shape index (κ2) is 16.3. The topological polar surface area (TPSA) is 158 Å². The summed E-state index contributed by atoms with van der Waals surface area (Å²) in [6.45, 7) is 1.47. The van der Waals surface area contributed by atoms with Crippen molar-refractivity contribution in [2.45, 2.75) is 76.0 Å². The van der Waals surface area contributed by atoms with Gasteiger partial charge in [-0.2, -0.15) is 0 Å². The van der Waals surface area contributed by atoms with Gasteiger partial charge in [0.15, 0.2) is 0 Å². The maximum Gasteiger partial charge on any atom is 0.306 e. The van der Waals surface area contributed by atoms with Crippen LogP contribution in [0.1, 0.15) is 71.3 Å². The fraction of sp³-hybridized carbons (Fsp3) is 0.350. The van der Waals surface area contributed by atoms with E-state index in [1.165, 1.54) is 33.4 Å². The molecule has 0 heterocycles. The summed E-state index contributed by atoms with van der Waals surface area (Å²) in [6.07, 6.45) is 1.17. The fourth-order valence-electron chi connectivity index (χ4n) is 7.00. The standard InChI is InChI=1S/C40H44N2O8/c43-27(19-39(45)46)23-41-21-25-7-11-29(12-8-25)49-37-17-15-33-31(3-1-5-35(33)37)32-4-2-6-36-34(32)16-18-38(36)50-30-13-9-26(10-14-30)22-42-24-28(44)20-40(47)48/h1-14,27-28,37-38,41-44H,15-24H2,(H,45,46)(H,47,48). The lowest BCUT2D eigenvalue weighted by Crippen LogP contribution is -2.28. The predicted octanol–water partition coefficient (Wildman–Crippen LogP) is 5.34. The molecule has 0 fully saturated rings. The average Bonchev–Trinajstić information content (AvgIpc) is 3.70. The molecule has 0 saturated heterocycles. The van der Waals surface area contributed by atoms with Crippen molar-refractivity contribution in [3.63, 3.8) is 0 Å². The van der Waals surface area contributed by atoms with E-state index in [0.717, 1.165) is 48.3 Å². The summed E-state index contributed by atoms with van der Waals surface area (Å²) in [5.41, 5.74) is 9.64. The quantitative estimate of drug-likeness (QED) is 0.0861. The number of hydrogen-bond acceptors (Lipinski definition) is 8. The van der Waals surface area contributed by atoms with Gasteiger partial charge in [-0.05, 0) is 94.5 Å². The highest BCUT2D eigenvalue weighted by molar-refractivity contribution is 5.75. The number of ether oxygens (including phenoxy) is 2. The zero-order valence-electron chi connectivity index (χ0n) is 27.9. The monoisotopic (exact) mass is 680 g/mol. The number of aliphatic hydroxyl groups is 2. The largest absolute Gasteiger partial charge is 0.486 e. The highest BCUT2D eigenvalue weighted by Gasteiger charge is 2.30. The van der Waals surface area contributed by atoms with Gasteiger partial charge in [0.05, 0.1) is 25.0 Å². The number of carboxylic acids is 2. The van der Waals surface area contributed by atoms with E-state index in [1.807, 2.05) is 48.5 Å². The molecule has 0 amide bonds. The lowest BCUT2D eigenvalue weighted by atomic mass is 9.91. The molecule has 0 aromatic heterocycles. The molecule has 0 aliphatic heterocycles. The first kappa shape index (κ1) is 35.1. The van der Waals surface area contributed by atoms with Crippen molar-refractivity contribution in [3.05, 3.63) is 118 Å². The van der Waals surface area contributed by atoms with E-state index in [-0.39, 0.29) is 38.1 Å². The minimum Gasteiger partial charge on any atom is -0.486 e. The summed E-state index contributed by atoms with van der Waals surface area (Å²) < 4.78 is 13.0. The van der Waals surface area contributed by atoms with Gasteiger partial charge in [0, 0.05) is 26.2 Å². The molecule has 2 aliphatic rings. The molecule has 0 spiro atoms. The van der Waals surface area contributed by atoms with E-state index in [4.69, 9.17) is 19.7 Å². The van der Waals surface area contributed by atoms with Crippen molar-refractivity contribution in [1.29, 1.82) is 0 Å². The first-order valence-electron chi connectivity index (χ1n) is 17.2. The molecule has 4 unspecified atom stereocenters. The molecule has 4 atom stereocenters. The van der Waals surface area contributed by atoms with Gasteiger partial charge in [-0.1, -0.05) is 60.7 Å². The molecule has 6 N–H and O–H groups in total. The Morgan fingerprint density at radius 3 is 1.40 bits per heavy atom. The minimum atomic E-state index is -1.02. The van der Waals surface area contributed by atoms with Gasteiger partial charge in [-0.25, -0.2) is 0 Å². The third-order valence-electron chi connectivity index (χ3n) is 9.36. The number of rotatable bonds is 17. The Balaban J connectivity index is 1.07. The van der Waals surface area contributed by atoms with Crippen LogP contribution in [0.4, 0.5) is 0 Å². The Labute approximate surface area is 291 Å². The number of hydrogen-bond donors (Lipinski definition) is 6. The summed E-state index contributed by atoms with van der Waals surface area (Å²) in [7, 11) is 0. The zero-order chi connectivity index (χ0) is 35.0. The van der Waals surface area contributed by atoms with Crippen LogP contribution in [-0.4, -0.2) is 57.7 Å². The highest BCUT2D eigenvalue weighted by Crippen LogP contribution is 2.45. The van der Waals surface area contributed by atoms with Crippen LogP contribution in [0.2, 0.25) is 0 Å². The van der Waals surface area contributed by atoms with E-state index >= 15 is 0 Å². The van der Waals surface area contributed by atoms with Gasteiger partial charge < -0.3 is 40.5 Å². The molecule has 262 valence electrons. The maximum absolute atomic E-state index is 10.7. The smallest absolute Gasteiger partial charge is 0.306 e. The van der Waals surface area contributed by atoms with Gasteiger partial charge in [-0.3, -0.25) is 9.59 Å². The van der Waals surface area contributed by atoms with E-state index in [9.17, 15) is 19.8 Å². The van der Waals surface area contributed by atoms with Crippen LogP contribution in [-0.2, 0) is 35.5 Å². The van der Waals surface area contributed by atoms with Crippen LogP contribution >= 0.6 is 0 Å². The van der Waals surface area contributed by atoms with Crippen molar-refractivity contribution in [1.82, 2.24) is 10.6 Å². The normalized spacial score (nSPS) is 17.5. The maximum atomic E-state index is 10.7. The van der Waals surface area contributed by atoms with Crippen molar-refractivity contribution in [3.8, 4) is 22.6 Å². The molecule has 0 radical (unpaired) electrons. The van der Waals surface area contributed by atoms with Gasteiger partial charge >= 0.3 is 11.9 Å². The minimum absolute atomic E-state index is 0.0408. The molecule has 4 aromatic carbocycles. The van der Waals surface area contributed by atoms with Crippen molar-refractivity contribution >= 4 is 11.9 Å². The third-order valence-corrected chi connectivity index (χ3v) is 9.36. The molecule has 4 aromatic rings. The lowest BCUT2D eigenvalue weighted by molar-refractivity contribution is -0.140. The first-order chi connectivity index (χ1) is 24.2. The Morgan fingerprint density at radius 1 is 0.620 bits per heavy atom. The Bertz CT molecular complexity index is 1640. The van der Waals surface area contributed by atoms with Crippen LogP contribution in [0.15, 0.2) is 84.9 Å². The van der Waals surface area contributed by atoms with Crippen molar-refractivity contribution < 1.29 is 39.5 Å². The molecule has 50 heavy (non-hydrogen) atoms. The number of carbonyl (C=O) groups is 2. The Kier molecular flexibility index (Phi) is 11.5. The molecule has 10 nitrogen and oxygen atoms in total. The summed E-state index contributed by atoms with van der Waals surface area (Å²) in [5, 5.41) is 43.3. The van der Waals surface area contributed by atoms with Gasteiger partial charge in [0.25, 0.3) is 0 Å². The zero-order valence-corrected chi connectivity index (χ0v) is 27.9. The summed E-state index contributed by atoms with van der Waals surface area (Å²) in [5.74, 6) is -0.449. The van der Waals surface area contributed by atoms with Crippen molar-refractivity contribution in [2.24, 2.45) is 0 Å². The number of fused-ring (bicyclic) bond motifs is 2. The van der Waals surface area contributed by atoms with E-state index in [0.29, 0.717) is 13.1 Å². The molecule has 6 rings (SSSR count). The van der Waals surface area contributed by atoms with Crippen LogP contribution in [0.25, 0.3) is 11.1 Å². The number of nitrogens with one attached hydrogen (secondary N) is 2. The van der Waals surface area contributed by atoms with Crippen LogP contribution in [0, 0.1) is 0 Å². The van der Waals surface area contributed by atoms with Crippen LogP contribution < -0.4 is 20.1 Å².